The lowest BCUT2D eigenvalue weighted by atomic mass is 10.0. The second-order valence-corrected chi connectivity index (χ2v) is 7.01. The molecule has 0 aliphatic heterocycles. The van der Waals surface area contributed by atoms with Gasteiger partial charge in [0.1, 0.15) is 11.3 Å². The molecule has 3 aromatic rings. The van der Waals surface area contributed by atoms with Crippen LogP contribution >= 0.6 is 0 Å². The van der Waals surface area contributed by atoms with Crippen LogP contribution in [0.15, 0.2) is 30.3 Å². The summed E-state index contributed by atoms with van der Waals surface area (Å²) in [4.78, 5) is 28.2. The van der Waals surface area contributed by atoms with Gasteiger partial charge in [-0.2, -0.15) is 0 Å². The molecular weight excluding hydrogens is 384 g/mol. The van der Waals surface area contributed by atoms with E-state index in [0.717, 1.165) is 16.6 Å². The summed E-state index contributed by atoms with van der Waals surface area (Å²) in [5.74, 6) is 1.08. The molecule has 0 saturated heterocycles. The SMILES string of the molecule is CCOC(=O)CCNC(=O)c1cc(C)c(Oc2cccc3c2nc(N)n3C)c(C)c1. The summed E-state index contributed by atoms with van der Waals surface area (Å²) in [6, 6.07) is 9.16. The van der Waals surface area contributed by atoms with Gasteiger partial charge in [0.2, 0.25) is 5.95 Å². The number of hydrogen-bond acceptors (Lipinski definition) is 6. The molecule has 30 heavy (non-hydrogen) atoms. The van der Waals surface area contributed by atoms with Gasteiger partial charge in [0.15, 0.2) is 5.75 Å². The van der Waals surface area contributed by atoms with Crippen LogP contribution in [0.5, 0.6) is 11.5 Å². The van der Waals surface area contributed by atoms with Crippen molar-refractivity contribution in [2.24, 2.45) is 7.05 Å². The average Bonchev–Trinajstić information content (AvgIpc) is 2.99. The topological polar surface area (TPSA) is 108 Å². The quantitative estimate of drug-likeness (QED) is 0.579. The maximum atomic E-state index is 12.4. The van der Waals surface area contributed by atoms with E-state index in [1.54, 1.807) is 23.6 Å². The van der Waals surface area contributed by atoms with Crippen LogP contribution in [0.4, 0.5) is 5.95 Å². The number of ether oxygens (including phenoxy) is 2. The van der Waals surface area contributed by atoms with Crippen molar-refractivity contribution in [1.82, 2.24) is 14.9 Å². The summed E-state index contributed by atoms with van der Waals surface area (Å²) in [6.45, 7) is 6.05. The molecule has 1 heterocycles. The first kappa shape index (κ1) is 21.2. The molecular formula is C22H26N4O4. The molecule has 1 amide bonds. The zero-order chi connectivity index (χ0) is 21.8. The van der Waals surface area contributed by atoms with E-state index in [2.05, 4.69) is 10.3 Å². The third kappa shape index (κ3) is 4.37. The molecule has 0 atom stereocenters. The number of hydrogen-bond donors (Lipinski definition) is 2. The van der Waals surface area contributed by atoms with Crippen LogP contribution in [0.25, 0.3) is 11.0 Å². The third-order valence-electron chi connectivity index (χ3n) is 4.76. The third-order valence-corrected chi connectivity index (χ3v) is 4.76. The van der Waals surface area contributed by atoms with Crippen molar-refractivity contribution >= 4 is 28.9 Å². The van der Waals surface area contributed by atoms with Gasteiger partial charge in [0.05, 0.1) is 18.5 Å². The fraction of sp³-hybridized carbons (Fsp3) is 0.318. The summed E-state index contributed by atoms with van der Waals surface area (Å²) in [6.07, 6.45) is 0.135. The number of para-hydroxylation sites is 1. The van der Waals surface area contributed by atoms with Crippen molar-refractivity contribution in [3.05, 3.63) is 47.0 Å². The van der Waals surface area contributed by atoms with Crippen LogP contribution in [-0.2, 0) is 16.6 Å². The number of nitrogens with one attached hydrogen (secondary N) is 1. The molecule has 3 N–H and O–H groups in total. The number of aryl methyl sites for hydroxylation is 3. The highest BCUT2D eigenvalue weighted by atomic mass is 16.5. The minimum atomic E-state index is -0.335. The van der Waals surface area contributed by atoms with Gasteiger partial charge < -0.3 is 25.1 Å². The van der Waals surface area contributed by atoms with Gasteiger partial charge in [-0.25, -0.2) is 4.98 Å². The minimum Gasteiger partial charge on any atom is -0.466 e. The maximum Gasteiger partial charge on any atom is 0.307 e. The van der Waals surface area contributed by atoms with Gasteiger partial charge in [-0.1, -0.05) is 6.07 Å². The van der Waals surface area contributed by atoms with E-state index in [-0.39, 0.29) is 24.8 Å². The van der Waals surface area contributed by atoms with Gasteiger partial charge in [0, 0.05) is 19.2 Å². The second-order valence-electron chi connectivity index (χ2n) is 7.01. The number of esters is 1. The molecule has 1 aromatic heterocycles. The highest BCUT2D eigenvalue weighted by molar-refractivity contribution is 5.95. The van der Waals surface area contributed by atoms with Crippen molar-refractivity contribution in [1.29, 1.82) is 0 Å². The molecule has 0 saturated carbocycles. The number of rotatable bonds is 7. The van der Waals surface area contributed by atoms with Crippen LogP contribution in [0.3, 0.4) is 0 Å². The Labute approximate surface area is 175 Å². The molecule has 0 unspecified atom stereocenters. The first-order valence-electron chi connectivity index (χ1n) is 9.75. The fourth-order valence-corrected chi connectivity index (χ4v) is 3.25. The Bertz CT molecular complexity index is 1080. The molecule has 0 aliphatic carbocycles. The molecule has 3 rings (SSSR count). The highest BCUT2D eigenvalue weighted by Gasteiger charge is 2.16. The van der Waals surface area contributed by atoms with Crippen LogP contribution in [0.1, 0.15) is 34.8 Å². The Hall–Kier alpha value is -3.55. The Balaban J connectivity index is 1.78. The van der Waals surface area contributed by atoms with E-state index in [1.165, 1.54) is 0 Å². The second kappa shape index (κ2) is 8.86. The summed E-state index contributed by atoms with van der Waals surface area (Å²) >= 11 is 0. The zero-order valence-electron chi connectivity index (χ0n) is 17.6. The molecule has 158 valence electrons. The molecule has 0 spiro atoms. The van der Waals surface area contributed by atoms with Crippen molar-refractivity contribution in [3.63, 3.8) is 0 Å². The number of fused-ring (bicyclic) bond motifs is 1. The Morgan fingerprint density at radius 1 is 1.20 bits per heavy atom. The van der Waals surface area contributed by atoms with E-state index in [0.29, 0.717) is 35.1 Å². The standard InChI is InChI=1S/C22H26N4O4/c1-5-29-18(27)9-10-24-21(28)15-11-13(2)20(14(3)12-15)30-17-8-6-7-16-19(17)25-22(23)26(16)4/h6-8,11-12H,5,9-10H2,1-4H3,(H2,23,25)(H,24,28). The first-order chi connectivity index (χ1) is 14.3. The number of nitrogens with two attached hydrogens (primary N) is 1. The summed E-state index contributed by atoms with van der Waals surface area (Å²) in [5, 5.41) is 2.74. The predicted molar refractivity (Wildman–Crippen MR) is 115 cm³/mol. The molecule has 2 aromatic carbocycles. The number of nitrogen functional groups attached to an aromatic ring is 1. The van der Waals surface area contributed by atoms with Crippen molar-refractivity contribution in [2.75, 3.05) is 18.9 Å². The number of amides is 1. The Morgan fingerprint density at radius 3 is 2.57 bits per heavy atom. The van der Waals surface area contributed by atoms with Crippen LogP contribution in [0.2, 0.25) is 0 Å². The van der Waals surface area contributed by atoms with Gasteiger partial charge in [-0.15, -0.1) is 0 Å². The monoisotopic (exact) mass is 410 g/mol. The lowest BCUT2D eigenvalue weighted by Crippen LogP contribution is -2.26. The van der Waals surface area contributed by atoms with Gasteiger partial charge in [0.25, 0.3) is 5.91 Å². The number of benzene rings is 2. The van der Waals surface area contributed by atoms with Gasteiger partial charge in [-0.05, 0) is 56.2 Å². The smallest absolute Gasteiger partial charge is 0.307 e. The van der Waals surface area contributed by atoms with Crippen LogP contribution < -0.4 is 15.8 Å². The molecule has 0 bridgehead atoms. The van der Waals surface area contributed by atoms with E-state index in [4.69, 9.17) is 15.2 Å². The first-order valence-corrected chi connectivity index (χ1v) is 9.75. The predicted octanol–water partition coefficient (Wildman–Crippen LogP) is 3.25. The average molecular weight is 410 g/mol. The summed E-state index contributed by atoms with van der Waals surface area (Å²) in [7, 11) is 1.85. The van der Waals surface area contributed by atoms with E-state index >= 15 is 0 Å². The summed E-state index contributed by atoms with van der Waals surface area (Å²) < 4.78 is 12.8. The van der Waals surface area contributed by atoms with Crippen molar-refractivity contribution in [2.45, 2.75) is 27.2 Å². The molecule has 0 aliphatic rings. The maximum absolute atomic E-state index is 12.4. The lowest BCUT2D eigenvalue weighted by molar-refractivity contribution is -0.142. The Morgan fingerprint density at radius 2 is 1.90 bits per heavy atom. The fourth-order valence-electron chi connectivity index (χ4n) is 3.25. The van der Waals surface area contributed by atoms with Crippen molar-refractivity contribution in [3.8, 4) is 11.5 Å². The van der Waals surface area contributed by atoms with Gasteiger partial charge in [-0.3, -0.25) is 9.59 Å². The number of imidazole rings is 1. The lowest BCUT2D eigenvalue weighted by Gasteiger charge is -2.14. The highest BCUT2D eigenvalue weighted by Crippen LogP contribution is 2.34. The number of carbonyl (C=O) groups excluding carboxylic acids is 2. The number of aromatic nitrogens is 2. The zero-order valence-corrected chi connectivity index (χ0v) is 17.6. The normalized spacial score (nSPS) is 10.8. The molecule has 0 fully saturated rings. The van der Waals surface area contributed by atoms with Crippen LogP contribution in [-0.4, -0.2) is 34.6 Å². The largest absolute Gasteiger partial charge is 0.466 e. The van der Waals surface area contributed by atoms with E-state index in [9.17, 15) is 9.59 Å². The minimum absolute atomic E-state index is 0.135. The summed E-state index contributed by atoms with van der Waals surface area (Å²) in [5.41, 5.74) is 9.60. The van der Waals surface area contributed by atoms with E-state index in [1.807, 2.05) is 39.1 Å². The number of anilines is 1. The molecule has 8 heteroatoms. The Kier molecular flexibility index (Phi) is 6.25. The molecule has 0 radical (unpaired) electrons. The van der Waals surface area contributed by atoms with E-state index < -0.39 is 0 Å². The number of carbonyl (C=O) groups is 2. The molecule has 8 nitrogen and oxygen atoms in total. The van der Waals surface area contributed by atoms with Gasteiger partial charge >= 0.3 is 5.97 Å². The number of nitrogens with zero attached hydrogens (tertiary/aromatic N) is 2. The van der Waals surface area contributed by atoms with Crippen molar-refractivity contribution < 1.29 is 19.1 Å². The van der Waals surface area contributed by atoms with Crippen LogP contribution in [0, 0.1) is 13.8 Å².